The monoisotopic (exact) mass is 388 g/mol. The first kappa shape index (κ1) is 21.1. The van der Waals surface area contributed by atoms with Crippen LogP contribution in [0.2, 0.25) is 0 Å². The molecule has 0 atom stereocenters. The van der Waals surface area contributed by atoms with Gasteiger partial charge in [-0.3, -0.25) is 4.79 Å². The van der Waals surface area contributed by atoms with Gasteiger partial charge >= 0.3 is 0 Å². The SMILES string of the molecule is CC(C)Cc1ccc(CC(=O)Nc2ccc(S(=O)(=O)NC(C)C)cc2)cc1. The van der Waals surface area contributed by atoms with Crippen LogP contribution in [0.5, 0.6) is 0 Å². The van der Waals surface area contributed by atoms with Gasteiger partial charge in [0.05, 0.1) is 11.3 Å². The van der Waals surface area contributed by atoms with Gasteiger partial charge in [-0.2, -0.15) is 0 Å². The van der Waals surface area contributed by atoms with E-state index >= 15 is 0 Å². The zero-order chi connectivity index (χ0) is 20.0. The largest absolute Gasteiger partial charge is 0.326 e. The maximum atomic E-state index is 12.2. The Bertz CT molecular complexity index is 855. The standard InChI is InChI=1S/C21H28N2O3S/c1-15(2)13-17-5-7-18(8-6-17)14-21(24)22-19-9-11-20(12-10-19)27(25,26)23-16(3)4/h5-12,15-16,23H,13-14H2,1-4H3,(H,22,24). The summed E-state index contributed by atoms with van der Waals surface area (Å²) in [6.45, 7) is 7.89. The molecule has 2 aromatic rings. The Kier molecular flexibility index (Phi) is 7.16. The molecule has 0 heterocycles. The minimum atomic E-state index is -3.53. The van der Waals surface area contributed by atoms with Crippen molar-refractivity contribution in [3.63, 3.8) is 0 Å². The van der Waals surface area contributed by atoms with Gasteiger partial charge in [0.25, 0.3) is 0 Å². The van der Waals surface area contributed by atoms with Crippen LogP contribution < -0.4 is 10.0 Å². The molecular weight excluding hydrogens is 360 g/mol. The number of nitrogens with one attached hydrogen (secondary N) is 2. The number of carbonyl (C=O) groups is 1. The lowest BCUT2D eigenvalue weighted by atomic mass is 10.0. The first-order valence-electron chi connectivity index (χ1n) is 9.16. The molecule has 2 N–H and O–H groups in total. The van der Waals surface area contributed by atoms with E-state index in [9.17, 15) is 13.2 Å². The average Bonchev–Trinajstić information content (AvgIpc) is 2.55. The molecule has 2 aromatic carbocycles. The Hall–Kier alpha value is -2.18. The van der Waals surface area contributed by atoms with Crippen LogP contribution in [0.15, 0.2) is 53.4 Å². The van der Waals surface area contributed by atoms with Crippen molar-refractivity contribution in [1.82, 2.24) is 4.72 Å². The van der Waals surface area contributed by atoms with Crippen LogP contribution in [0.4, 0.5) is 5.69 Å². The maximum Gasteiger partial charge on any atom is 0.240 e. The number of anilines is 1. The highest BCUT2D eigenvalue weighted by Crippen LogP contribution is 2.15. The molecule has 0 saturated heterocycles. The molecule has 0 radical (unpaired) electrons. The van der Waals surface area contributed by atoms with E-state index in [1.807, 2.05) is 12.1 Å². The molecule has 1 amide bonds. The van der Waals surface area contributed by atoms with Crippen molar-refractivity contribution in [2.45, 2.75) is 51.5 Å². The topological polar surface area (TPSA) is 75.3 Å². The molecule has 0 aromatic heterocycles. The van der Waals surface area contributed by atoms with Gasteiger partial charge in [0.15, 0.2) is 0 Å². The Balaban J connectivity index is 1.96. The summed E-state index contributed by atoms with van der Waals surface area (Å²) in [5, 5.41) is 2.80. The van der Waals surface area contributed by atoms with E-state index in [1.165, 1.54) is 17.7 Å². The molecule has 6 heteroatoms. The number of amides is 1. The third-order valence-corrected chi connectivity index (χ3v) is 5.55. The summed E-state index contributed by atoms with van der Waals surface area (Å²) in [6.07, 6.45) is 1.30. The second-order valence-electron chi connectivity index (χ2n) is 7.44. The summed E-state index contributed by atoms with van der Waals surface area (Å²) in [5.41, 5.74) is 2.78. The third kappa shape index (κ3) is 6.81. The molecule has 0 fully saturated rings. The summed E-state index contributed by atoms with van der Waals surface area (Å²) in [4.78, 5) is 12.4. The first-order valence-corrected chi connectivity index (χ1v) is 10.6. The fourth-order valence-corrected chi connectivity index (χ4v) is 4.00. The highest BCUT2D eigenvalue weighted by atomic mass is 32.2. The van der Waals surface area contributed by atoms with Crippen molar-refractivity contribution >= 4 is 21.6 Å². The fraction of sp³-hybridized carbons (Fsp3) is 0.381. The Morgan fingerprint density at radius 2 is 1.44 bits per heavy atom. The number of rotatable bonds is 8. The van der Waals surface area contributed by atoms with Gasteiger partial charge in [0.2, 0.25) is 15.9 Å². The predicted molar refractivity (Wildman–Crippen MR) is 109 cm³/mol. The Morgan fingerprint density at radius 1 is 0.889 bits per heavy atom. The van der Waals surface area contributed by atoms with Crippen molar-refractivity contribution in [3.05, 3.63) is 59.7 Å². The highest BCUT2D eigenvalue weighted by Gasteiger charge is 2.15. The number of sulfonamides is 1. The van der Waals surface area contributed by atoms with Crippen molar-refractivity contribution in [1.29, 1.82) is 0 Å². The quantitative estimate of drug-likeness (QED) is 0.723. The van der Waals surface area contributed by atoms with Gasteiger partial charge in [-0.25, -0.2) is 13.1 Å². The molecule has 27 heavy (non-hydrogen) atoms. The van der Waals surface area contributed by atoms with Gasteiger partial charge in [-0.1, -0.05) is 38.1 Å². The molecule has 0 aliphatic heterocycles. The molecule has 0 aliphatic rings. The molecular formula is C21H28N2O3S. The first-order chi connectivity index (χ1) is 12.7. The van der Waals surface area contributed by atoms with E-state index < -0.39 is 10.0 Å². The molecule has 0 unspecified atom stereocenters. The second kappa shape index (κ2) is 9.15. The van der Waals surface area contributed by atoms with Crippen LogP contribution in [0, 0.1) is 5.92 Å². The molecule has 5 nitrogen and oxygen atoms in total. The van der Waals surface area contributed by atoms with Gasteiger partial charge in [-0.15, -0.1) is 0 Å². The van der Waals surface area contributed by atoms with Crippen molar-refractivity contribution < 1.29 is 13.2 Å². The van der Waals surface area contributed by atoms with Crippen LogP contribution in [0.25, 0.3) is 0 Å². The summed E-state index contributed by atoms with van der Waals surface area (Å²) < 4.78 is 26.8. The summed E-state index contributed by atoms with van der Waals surface area (Å²) in [7, 11) is -3.53. The van der Waals surface area contributed by atoms with Gasteiger partial charge in [0.1, 0.15) is 0 Å². The van der Waals surface area contributed by atoms with E-state index in [-0.39, 0.29) is 23.3 Å². The molecule has 0 spiro atoms. The Morgan fingerprint density at radius 3 is 1.96 bits per heavy atom. The Labute approximate surface area is 162 Å². The van der Waals surface area contributed by atoms with Crippen LogP contribution in [-0.2, 0) is 27.7 Å². The lowest BCUT2D eigenvalue weighted by Gasteiger charge is -2.11. The van der Waals surface area contributed by atoms with E-state index in [0.717, 1.165) is 12.0 Å². The van der Waals surface area contributed by atoms with E-state index in [2.05, 4.69) is 36.0 Å². The lowest BCUT2D eigenvalue weighted by Crippen LogP contribution is -2.30. The predicted octanol–water partition coefficient (Wildman–Crippen LogP) is 3.75. The van der Waals surface area contributed by atoms with E-state index in [4.69, 9.17) is 0 Å². The second-order valence-corrected chi connectivity index (χ2v) is 9.15. The number of hydrogen-bond acceptors (Lipinski definition) is 3. The van der Waals surface area contributed by atoms with Crippen molar-refractivity contribution in [2.75, 3.05) is 5.32 Å². The van der Waals surface area contributed by atoms with Crippen molar-refractivity contribution in [3.8, 4) is 0 Å². The zero-order valence-electron chi connectivity index (χ0n) is 16.3. The number of benzene rings is 2. The lowest BCUT2D eigenvalue weighted by molar-refractivity contribution is -0.115. The smallest absolute Gasteiger partial charge is 0.240 e. The van der Waals surface area contributed by atoms with Gasteiger partial charge < -0.3 is 5.32 Å². The van der Waals surface area contributed by atoms with Crippen LogP contribution in [0.1, 0.15) is 38.8 Å². The summed E-state index contributed by atoms with van der Waals surface area (Å²) in [5.74, 6) is 0.462. The van der Waals surface area contributed by atoms with Crippen LogP contribution in [0.3, 0.4) is 0 Å². The molecule has 0 bridgehead atoms. The average molecular weight is 389 g/mol. The van der Waals surface area contributed by atoms with E-state index in [0.29, 0.717) is 11.6 Å². The third-order valence-electron chi connectivity index (χ3n) is 3.87. The van der Waals surface area contributed by atoms with Crippen LogP contribution in [-0.4, -0.2) is 20.4 Å². The molecule has 146 valence electrons. The number of carbonyl (C=O) groups excluding carboxylic acids is 1. The minimum Gasteiger partial charge on any atom is -0.326 e. The molecule has 0 saturated carbocycles. The number of hydrogen-bond donors (Lipinski definition) is 2. The normalized spacial score (nSPS) is 11.8. The maximum absolute atomic E-state index is 12.2. The fourth-order valence-electron chi connectivity index (χ4n) is 2.75. The summed E-state index contributed by atoms with van der Waals surface area (Å²) >= 11 is 0. The minimum absolute atomic E-state index is 0.137. The van der Waals surface area contributed by atoms with E-state index in [1.54, 1.807) is 26.0 Å². The van der Waals surface area contributed by atoms with Gasteiger partial charge in [0, 0.05) is 11.7 Å². The van der Waals surface area contributed by atoms with Crippen LogP contribution >= 0.6 is 0 Å². The highest BCUT2D eigenvalue weighted by molar-refractivity contribution is 7.89. The summed E-state index contributed by atoms with van der Waals surface area (Å²) in [6, 6.07) is 14.1. The van der Waals surface area contributed by atoms with Crippen molar-refractivity contribution in [2.24, 2.45) is 5.92 Å². The zero-order valence-corrected chi connectivity index (χ0v) is 17.1. The molecule has 0 aliphatic carbocycles. The van der Waals surface area contributed by atoms with Gasteiger partial charge in [-0.05, 0) is 61.6 Å². The molecule has 2 rings (SSSR count).